The van der Waals surface area contributed by atoms with Crippen LogP contribution in [0.3, 0.4) is 0 Å². The molecule has 0 fully saturated rings. The molecule has 0 radical (unpaired) electrons. The summed E-state index contributed by atoms with van der Waals surface area (Å²) in [5.41, 5.74) is 0. The van der Waals surface area contributed by atoms with E-state index in [0.717, 1.165) is 4.90 Å². The van der Waals surface area contributed by atoms with Crippen molar-refractivity contribution in [1.29, 1.82) is 0 Å². The molecule has 0 bridgehead atoms. The Bertz CT molecular complexity index is 550. The molecule has 0 aliphatic heterocycles. The van der Waals surface area contributed by atoms with Gasteiger partial charge >= 0.3 is 12.0 Å². The van der Waals surface area contributed by atoms with Gasteiger partial charge in [0, 0.05) is 17.0 Å². The number of halogens is 1. The van der Waals surface area contributed by atoms with Crippen molar-refractivity contribution in [3.8, 4) is 0 Å². The number of nitrogens with one attached hydrogen (secondary N) is 2. The molecule has 1 rings (SSSR count). The maximum atomic E-state index is 11.9. The zero-order valence-electron chi connectivity index (χ0n) is 12.4. The van der Waals surface area contributed by atoms with E-state index in [1.165, 1.54) is 25.7 Å². The average molecular weight is 345 g/mol. The first kappa shape index (κ1) is 18.3. The molecular weight excluding hydrogens is 328 g/mol. The highest BCUT2D eigenvalue weighted by Crippen LogP contribution is 2.25. The molecule has 0 saturated heterocycles. The lowest BCUT2D eigenvalue weighted by atomic mass is 10.3. The summed E-state index contributed by atoms with van der Waals surface area (Å²) in [6, 6.07) is 6.37. The molecular formula is C14H17ClN2O4S. The average Bonchev–Trinajstić information content (AvgIpc) is 2.49. The predicted octanol–water partition coefficient (Wildman–Crippen LogP) is 2.21. The summed E-state index contributed by atoms with van der Waals surface area (Å²) in [5.74, 6) is -1.23. The van der Waals surface area contributed by atoms with Gasteiger partial charge in [-0.1, -0.05) is 11.6 Å². The van der Waals surface area contributed by atoms with E-state index in [-0.39, 0.29) is 0 Å². The third-order valence-electron chi connectivity index (χ3n) is 2.58. The van der Waals surface area contributed by atoms with Crippen molar-refractivity contribution in [2.24, 2.45) is 0 Å². The van der Waals surface area contributed by atoms with Crippen LogP contribution in [0.15, 0.2) is 29.2 Å². The molecule has 2 N–H and O–H groups in total. The third-order valence-corrected chi connectivity index (χ3v) is 3.93. The number of urea groups is 1. The number of hydrogen-bond donors (Lipinski definition) is 2. The Labute approximate surface area is 137 Å². The first-order chi connectivity index (χ1) is 10.3. The summed E-state index contributed by atoms with van der Waals surface area (Å²) >= 11 is 7.08. The van der Waals surface area contributed by atoms with E-state index in [9.17, 15) is 14.4 Å². The number of rotatable bonds is 5. The second-order valence-electron chi connectivity index (χ2n) is 4.36. The molecule has 120 valence electrons. The molecule has 2 atom stereocenters. The van der Waals surface area contributed by atoms with Crippen molar-refractivity contribution >= 4 is 41.3 Å². The second-order valence-corrected chi connectivity index (χ2v) is 6.21. The number of hydrogen-bond acceptors (Lipinski definition) is 5. The van der Waals surface area contributed by atoms with E-state index in [2.05, 4.69) is 5.32 Å². The van der Waals surface area contributed by atoms with Gasteiger partial charge in [0.1, 0.15) is 5.25 Å². The van der Waals surface area contributed by atoms with E-state index in [1.807, 2.05) is 5.32 Å². The van der Waals surface area contributed by atoms with Crippen molar-refractivity contribution < 1.29 is 19.1 Å². The molecule has 3 amide bonds. The fourth-order valence-corrected chi connectivity index (χ4v) is 2.34. The first-order valence-corrected chi connectivity index (χ1v) is 7.74. The highest BCUT2D eigenvalue weighted by atomic mass is 35.5. The smallest absolute Gasteiger partial charge is 0.321 e. The molecule has 8 heteroatoms. The van der Waals surface area contributed by atoms with Crippen molar-refractivity contribution in [3.63, 3.8) is 0 Å². The Morgan fingerprint density at radius 1 is 1.18 bits per heavy atom. The maximum Gasteiger partial charge on any atom is 0.321 e. The van der Waals surface area contributed by atoms with E-state index in [4.69, 9.17) is 16.3 Å². The first-order valence-electron chi connectivity index (χ1n) is 6.48. The molecule has 6 nitrogen and oxygen atoms in total. The maximum absolute atomic E-state index is 11.9. The summed E-state index contributed by atoms with van der Waals surface area (Å²) in [6.07, 6.45) is -1.06. The molecule has 1 aromatic rings. The molecule has 0 heterocycles. The number of benzene rings is 1. The Hall–Kier alpha value is -1.73. The van der Waals surface area contributed by atoms with Gasteiger partial charge in [-0.2, -0.15) is 0 Å². The highest BCUT2D eigenvalue weighted by Gasteiger charge is 2.23. The van der Waals surface area contributed by atoms with Gasteiger partial charge in [0.2, 0.25) is 0 Å². The molecule has 0 spiro atoms. The van der Waals surface area contributed by atoms with E-state index >= 15 is 0 Å². The van der Waals surface area contributed by atoms with Gasteiger partial charge in [0.15, 0.2) is 6.10 Å². The summed E-state index contributed by atoms with van der Waals surface area (Å²) in [4.78, 5) is 35.4. The number of carbonyl (C=O) groups is 3. The largest absolute Gasteiger partial charge is 0.452 e. The lowest BCUT2D eigenvalue weighted by molar-refractivity contribution is -0.153. The van der Waals surface area contributed by atoms with Gasteiger partial charge in [0.05, 0.1) is 0 Å². The summed E-state index contributed by atoms with van der Waals surface area (Å²) in [5, 5.41) is 4.39. The molecule has 0 aliphatic carbocycles. The molecule has 22 heavy (non-hydrogen) atoms. The van der Waals surface area contributed by atoms with E-state index < -0.39 is 29.3 Å². The quantitative estimate of drug-likeness (QED) is 0.632. The zero-order chi connectivity index (χ0) is 16.7. The SMILES string of the molecule is CNC(=O)NC(=O)[C@@H](C)OC(=O)[C@H](C)Sc1ccc(Cl)cc1. The fourth-order valence-electron chi connectivity index (χ4n) is 1.36. The minimum atomic E-state index is -1.06. The van der Waals surface area contributed by atoms with Crippen LogP contribution in [0.25, 0.3) is 0 Å². The monoisotopic (exact) mass is 344 g/mol. The number of esters is 1. The zero-order valence-corrected chi connectivity index (χ0v) is 14.0. The Kier molecular flexibility index (Phi) is 7.20. The minimum absolute atomic E-state index is 0.503. The van der Waals surface area contributed by atoms with Gasteiger partial charge in [-0.05, 0) is 38.1 Å². The van der Waals surface area contributed by atoms with Gasteiger partial charge in [-0.25, -0.2) is 4.79 Å². The van der Waals surface area contributed by atoms with Gasteiger partial charge in [-0.3, -0.25) is 14.9 Å². The van der Waals surface area contributed by atoms with Crippen molar-refractivity contribution in [2.75, 3.05) is 7.05 Å². The van der Waals surface area contributed by atoms with E-state index in [1.54, 1.807) is 31.2 Å². The van der Waals surface area contributed by atoms with Crippen molar-refractivity contribution in [3.05, 3.63) is 29.3 Å². The number of ether oxygens (including phenoxy) is 1. The lowest BCUT2D eigenvalue weighted by Crippen LogP contribution is -2.44. The summed E-state index contributed by atoms with van der Waals surface area (Å²) in [6.45, 7) is 3.07. The second kappa shape index (κ2) is 8.65. The van der Waals surface area contributed by atoms with Gasteiger partial charge < -0.3 is 10.1 Å². The number of carbonyl (C=O) groups excluding carboxylic acids is 3. The van der Waals surface area contributed by atoms with Crippen LogP contribution in [0.2, 0.25) is 5.02 Å². The van der Waals surface area contributed by atoms with Crippen LogP contribution in [0, 0.1) is 0 Å². The number of amides is 3. The van der Waals surface area contributed by atoms with Crippen LogP contribution in [0.4, 0.5) is 4.79 Å². The Morgan fingerprint density at radius 2 is 1.77 bits per heavy atom. The van der Waals surface area contributed by atoms with Crippen molar-refractivity contribution in [2.45, 2.75) is 30.1 Å². The summed E-state index contributed by atoms with van der Waals surface area (Å²) in [7, 11) is 1.38. The normalized spacial score (nSPS) is 12.9. The molecule has 1 aromatic carbocycles. The minimum Gasteiger partial charge on any atom is -0.452 e. The van der Waals surface area contributed by atoms with Crippen LogP contribution in [-0.4, -0.2) is 36.3 Å². The molecule has 0 aliphatic rings. The molecule has 0 unspecified atom stereocenters. The highest BCUT2D eigenvalue weighted by molar-refractivity contribution is 8.00. The summed E-state index contributed by atoms with van der Waals surface area (Å²) < 4.78 is 5.04. The third kappa shape index (κ3) is 5.95. The topological polar surface area (TPSA) is 84.5 Å². The van der Waals surface area contributed by atoms with Gasteiger partial charge in [0.25, 0.3) is 5.91 Å². The van der Waals surface area contributed by atoms with Crippen LogP contribution in [0.5, 0.6) is 0 Å². The fraction of sp³-hybridized carbons (Fsp3) is 0.357. The van der Waals surface area contributed by atoms with Crippen LogP contribution in [-0.2, 0) is 14.3 Å². The standard InChI is InChI=1S/C14H17ClN2O4S/c1-8(12(18)17-14(20)16-3)21-13(19)9(2)22-11-6-4-10(15)5-7-11/h4-9H,1-3H3,(H2,16,17,18,20)/t8-,9+/m1/s1. The molecule has 0 aromatic heterocycles. The predicted molar refractivity (Wildman–Crippen MR) is 84.9 cm³/mol. The van der Waals surface area contributed by atoms with Crippen LogP contribution < -0.4 is 10.6 Å². The van der Waals surface area contributed by atoms with Crippen LogP contribution >= 0.6 is 23.4 Å². The lowest BCUT2D eigenvalue weighted by Gasteiger charge is -2.16. The van der Waals surface area contributed by atoms with Crippen molar-refractivity contribution in [1.82, 2.24) is 10.6 Å². The Balaban J connectivity index is 2.51. The number of imide groups is 1. The van der Waals surface area contributed by atoms with E-state index in [0.29, 0.717) is 5.02 Å². The number of thioether (sulfide) groups is 1. The van der Waals surface area contributed by atoms with Crippen LogP contribution in [0.1, 0.15) is 13.8 Å². The van der Waals surface area contributed by atoms with Gasteiger partial charge in [-0.15, -0.1) is 11.8 Å². The Morgan fingerprint density at radius 3 is 2.32 bits per heavy atom. The molecule has 0 saturated carbocycles.